The number of nitrogens with one attached hydrogen (secondary N) is 1. The standard InChI is InChI=1S/C12H15BrF2N2.2ClH/c13-10-4-2-1-3-9(10)11(12(14)15)17-7-5-16-6-8-17;;/h1-4,11-12,16H,5-8H2;2*1H/t11-;;/m0../s1. The van der Waals surface area contributed by atoms with Gasteiger partial charge in [0.1, 0.15) is 0 Å². The molecule has 19 heavy (non-hydrogen) atoms. The smallest absolute Gasteiger partial charge is 0.258 e. The zero-order valence-corrected chi connectivity index (χ0v) is 13.4. The van der Waals surface area contributed by atoms with Crippen LogP contribution in [-0.4, -0.2) is 37.5 Å². The molecule has 1 aliphatic heterocycles. The van der Waals surface area contributed by atoms with Crippen molar-refractivity contribution in [2.45, 2.75) is 12.5 Å². The molecule has 0 bridgehead atoms. The average molecular weight is 378 g/mol. The third kappa shape index (κ3) is 4.83. The molecule has 0 radical (unpaired) electrons. The summed E-state index contributed by atoms with van der Waals surface area (Å²) < 4.78 is 27.3. The number of hydrogen-bond acceptors (Lipinski definition) is 2. The van der Waals surface area contributed by atoms with E-state index in [1.54, 1.807) is 12.1 Å². The molecule has 0 amide bonds. The van der Waals surface area contributed by atoms with Crippen LogP contribution in [0.5, 0.6) is 0 Å². The van der Waals surface area contributed by atoms with Gasteiger partial charge in [-0.1, -0.05) is 34.1 Å². The summed E-state index contributed by atoms with van der Waals surface area (Å²) >= 11 is 3.36. The first-order chi connectivity index (χ1) is 8.20. The number of halogens is 5. The van der Waals surface area contributed by atoms with Gasteiger partial charge < -0.3 is 5.32 Å². The van der Waals surface area contributed by atoms with Crippen LogP contribution in [0.15, 0.2) is 28.7 Å². The molecule has 2 rings (SSSR count). The molecule has 110 valence electrons. The molecule has 1 fully saturated rings. The van der Waals surface area contributed by atoms with E-state index in [1.165, 1.54) is 0 Å². The van der Waals surface area contributed by atoms with Gasteiger partial charge in [-0.25, -0.2) is 8.78 Å². The SMILES string of the molecule is Cl.Cl.FC(F)[C@H](c1ccccc1Br)N1CCNCC1. The van der Waals surface area contributed by atoms with E-state index in [-0.39, 0.29) is 24.8 Å². The van der Waals surface area contributed by atoms with Crippen LogP contribution in [0.1, 0.15) is 11.6 Å². The van der Waals surface area contributed by atoms with Crippen molar-refractivity contribution in [3.8, 4) is 0 Å². The Balaban J connectivity index is 0.00000162. The number of alkyl halides is 2. The first-order valence-corrected chi connectivity index (χ1v) is 6.47. The summed E-state index contributed by atoms with van der Waals surface area (Å²) in [4.78, 5) is 1.85. The molecule has 1 atom stereocenters. The monoisotopic (exact) mass is 376 g/mol. The van der Waals surface area contributed by atoms with E-state index in [1.807, 2.05) is 17.0 Å². The number of rotatable bonds is 3. The van der Waals surface area contributed by atoms with Crippen LogP contribution in [0.2, 0.25) is 0 Å². The molecule has 2 nitrogen and oxygen atoms in total. The average Bonchev–Trinajstić information content (AvgIpc) is 2.33. The van der Waals surface area contributed by atoms with Crippen molar-refractivity contribution in [3.63, 3.8) is 0 Å². The molecule has 1 heterocycles. The van der Waals surface area contributed by atoms with Crippen molar-refractivity contribution in [2.75, 3.05) is 26.2 Å². The normalized spacial score (nSPS) is 17.5. The Bertz CT molecular complexity index is 377. The van der Waals surface area contributed by atoms with Crippen molar-refractivity contribution in [2.24, 2.45) is 0 Å². The van der Waals surface area contributed by atoms with Crippen LogP contribution < -0.4 is 5.32 Å². The van der Waals surface area contributed by atoms with Gasteiger partial charge in [-0.15, -0.1) is 24.8 Å². The van der Waals surface area contributed by atoms with Crippen LogP contribution in [0.4, 0.5) is 8.78 Å². The predicted octanol–water partition coefficient (Wildman–Crippen LogP) is 3.50. The van der Waals surface area contributed by atoms with Gasteiger partial charge >= 0.3 is 0 Å². The number of hydrogen-bond donors (Lipinski definition) is 1. The molecule has 0 saturated carbocycles. The lowest BCUT2D eigenvalue weighted by Crippen LogP contribution is -2.47. The Morgan fingerprint density at radius 2 is 1.68 bits per heavy atom. The van der Waals surface area contributed by atoms with E-state index in [0.29, 0.717) is 18.7 Å². The van der Waals surface area contributed by atoms with Gasteiger partial charge in [0.05, 0.1) is 6.04 Å². The minimum Gasteiger partial charge on any atom is -0.314 e. The highest BCUT2D eigenvalue weighted by Crippen LogP contribution is 2.32. The van der Waals surface area contributed by atoms with Crippen molar-refractivity contribution < 1.29 is 8.78 Å². The van der Waals surface area contributed by atoms with Crippen LogP contribution >= 0.6 is 40.7 Å². The Kier molecular flexibility index (Phi) is 9.11. The summed E-state index contributed by atoms with van der Waals surface area (Å²) in [6, 6.07) is 6.41. The maximum absolute atomic E-state index is 13.3. The summed E-state index contributed by atoms with van der Waals surface area (Å²) in [5, 5.41) is 3.18. The fourth-order valence-electron chi connectivity index (χ4n) is 2.17. The molecule has 1 aromatic rings. The van der Waals surface area contributed by atoms with E-state index in [0.717, 1.165) is 17.6 Å². The lowest BCUT2D eigenvalue weighted by atomic mass is 10.1. The minimum atomic E-state index is -2.37. The van der Waals surface area contributed by atoms with E-state index in [9.17, 15) is 8.78 Å². The lowest BCUT2D eigenvalue weighted by molar-refractivity contribution is 0.0178. The quantitative estimate of drug-likeness (QED) is 0.867. The van der Waals surface area contributed by atoms with Crippen LogP contribution in [0.3, 0.4) is 0 Å². The highest BCUT2D eigenvalue weighted by molar-refractivity contribution is 9.10. The van der Waals surface area contributed by atoms with E-state index >= 15 is 0 Å². The summed E-state index contributed by atoms with van der Waals surface area (Å²) in [5.74, 6) is 0. The van der Waals surface area contributed by atoms with Crippen molar-refractivity contribution in [1.29, 1.82) is 0 Å². The van der Waals surface area contributed by atoms with Gasteiger partial charge in [-0.2, -0.15) is 0 Å². The fraction of sp³-hybridized carbons (Fsp3) is 0.500. The molecular weight excluding hydrogens is 361 g/mol. The van der Waals surface area contributed by atoms with Gasteiger partial charge in [0.2, 0.25) is 0 Å². The van der Waals surface area contributed by atoms with Gasteiger partial charge in [0, 0.05) is 30.7 Å². The van der Waals surface area contributed by atoms with Crippen molar-refractivity contribution >= 4 is 40.7 Å². The first-order valence-electron chi connectivity index (χ1n) is 5.67. The topological polar surface area (TPSA) is 15.3 Å². The Morgan fingerprint density at radius 1 is 1.11 bits per heavy atom. The number of piperazine rings is 1. The highest BCUT2D eigenvalue weighted by atomic mass is 79.9. The Hall–Kier alpha value is 0.0600. The van der Waals surface area contributed by atoms with Gasteiger partial charge in [0.25, 0.3) is 6.43 Å². The fourth-order valence-corrected chi connectivity index (χ4v) is 2.69. The molecule has 7 heteroatoms. The van der Waals surface area contributed by atoms with Crippen molar-refractivity contribution in [3.05, 3.63) is 34.3 Å². The molecule has 1 saturated heterocycles. The molecule has 1 N–H and O–H groups in total. The number of benzene rings is 1. The zero-order chi connectivity index (χ0) is 12.3. The maximum Gasteiger partial charge on any atom is 0.258 e. The lowest BCUT2D eigenvalue weighted by Gasteiger charge is -2.35. The predicted molar refractivity (Wildman–Crippen MR) is 81.8 cm³/mol. The summed E-state index contributed by atoms with van der Waals surface area (Å²) in [5.41, 5.74) is 0.671. The second-order valence-corrected chi connectivity index (χ2v) is 4.94. The highest BCUT2D eigenvalue weighted by Gasteiger charge is 2.31. The third-order valence-corrected chi connectivity index (χ3v) is 3.73. The molecule has 0 aromatic heterocycles. The van der Waals surface area contributed by atoms with Crippen LogP contribution in [0, 0.1) is 0 Å². The van der Waals surface area contributed by atoms with Crippen molar-refractivity contribution in [1.82, 2.24) is 10.2 Å². The number of nitrogens with zero attached hydrogens (tertiary/aromatic N) is 1. The molecule has 0 unspecified atom stereocenters. The minimum absolute atomic E-state index is 0. The molecule has 1 aliphatic rings. The second kappa shape index (κ2) is 9.08. The molecule has 0 aliphatic carbocycles. The Labute approximate surface area is 132 Å². The summed E-state index contributed by atoms with van der Waals surface area (Å²) in [6.07, 6.45) is -2.37. The molecular formula is C12H17BrCl2F2N2. The molecule has 0 spiro atoms. The van der Waals surface area contributed by atoms with Gasteiger partial charge in [-0.3, -0.25) is 4.90 Å². The van der Waals surface area contributed by atoms with Gasteiger partial charge in [-0.05, 0) is 11.6 Å². The summed E-state index contributed by atoms with van der Waals surface area (Å²) in [6.45, 7) is 2.87. The third-order valence-electron chi connectivity index (χ3n) is 3.01. The van der Waals surface area contributed by atoms with Crippen LogP contribution in [0.25, 0.3) is 0 Å². The Morgan fingerprint density at radius 3 is 2.21 bits per heavy atom. The van der Waals surface area contributed by atoms with Gasteiger partial charge in [0.15, 0.2) is 0 Å². The maximum atomic E-state index is 13.3. The van der Waals surface area contributed by atoms with Crippen LogP contribution in [-0.2, 0) is 0 Å². The molecule has 1 aromatic carbocycles. The first kappa shape index (κ1) is 19.1. The summed E-state index contributed by atoms with van der Waals surface area (Å²) in [7, 11) is 0. The van der Waals surface area contributed by atoms with E-state index < -0.39 is 12.5 Å². The van der Waals surface area contributed by atoms with E-state index in [4.69, 9.17) is 0 Å². The second-order valence-electron chi connectivity index (χ2n) is 4.09. The largest absolute Gasteiger partial charge is 0.314 e. The zero-order valence-electron chi connectivity index (χ0n) is 10.2. The van der Waals surface area contributed by atoms with E-state index in [2.05, 4.69) is 21.2 Å².